The molecule has 0 bridgehead atoms. The van der Waals surface area contributed by atoms with E-state index in [0.717, 1.165) is 13.1 Å². The van der Waals surface area contributed by atoms with Crippen LogP contribution >= 0.6 is 0 Å². The highest BCUT2D eigenvalue weighted by Gasteiger charge is 2.40. The van der Waals surface area contributed by atoms with Crippen LogP contribution < -0.4 is 5.73 Å². The third-order valence-electron chi connectivity index (χ3n) is 3.74. The van der Waals surface area contributed by atoms with Crippen molar-refractivity contribution < 1.29 is 0 Å². The van der Waals surface area contributed by atoms with Crippen LogP contribution in [0.5, 0.6) is 0 Å². The van der Waals surface area contributed by atoms with E-state index in [1.54, 1.807) is 0 Å². The number of likely N-dealkylation sites (tertiary alicyclic amines) is 1. The Morgan fingerprint density at radius 3 is 2.00 bits per heavy atom. The van der Waals surface area contributed by atoms with Crippen LogP contribution in [-0.2, 0) is 0 Å². The van der Waals surface area contributed by atoms with Crippen molar-refractivity contribution in [2.24, 2.45) is 17.6 Å². The minimum Gasteiger partial charge on any atom is -0.329 e. The van der Waals surface area contributed by atoms with E-state index in [4.69, 9.17) is 5.73 Å². The molecule has 2 N–H and O–H groups in total. The van der Waals surface area contributed by atoms with Crippen molar-refractivity contribution in [3.63, 3.8) is 0 Å². The standard InChI is InChI=1S/C14H31N3/c1-12(2)8-17(9-13(3)4)14(10-15)6-7-16(5)11-14/h12-13H,6-11,15H2,1-5H3. The molecule has 3 heteroatoms. The molecular formula is C14H31N3. The molecule has 1 rings (SSSR count). The van der Waals surface area contributed by atoms with Gasteiger partial charge in [0.15, 0.2) is 0 Å². The van der Waals surface area contributed by atoms with Crippen molar-refractivity contribution in [2.75, 3.05) is 39.8 Å². The van der Waals surface area contributed by atoms with Gasteiger partial charge in [0.05, 0.1) is 0 Å². The average Bonchev–Trinajstić information content (AvgIpc) is 2.59. The predicted molar refractivity (Wildman–Crippen MR) is 75.1 cm³/mol. The maximum Gasteiger partial charge on any atom is 0.0470 e. The number of hydrogen-bond acceptors (Lipinski definition) is 3. The first kappa shape index (κ1) is 14.9. The van der Waals surface area contributed by atoms with Crippen LogP contribution in [0.25, 0.3) is 0 Å². The first-order valence-corrected chi connectivity index (χ1v) is 7.03. The van der Waals surface area contributed by atoms with Crippen LogP contribution in [0.1, 0.15) is 34.1 Å². The molecule has 0 aromatic heterocycles. The van der Waals surface area contributed by atoms with Gasteiger partial charge in [-0.25, -0.2) is 0 Å². The van der Waals surface area contributed by atoms with Crippen molar-refractivity contribution in [2.45, 2.75) is 39.7 Å². The van der Waals surface area contributed by atoms with Crippen molar-refractivity contribution in [3.8, 4) is 0 Å². The summed E-state index contributed by atoms with van der Waals surface area (Å²) in [5.74, 6) is 1.42. The maximum absolute atomic E-state index is 6.12. The van der Waals surface area contributed by atoms with Crippen molar-refractivity contribution in [3.05, 3.63) is 0 Å². The Bertz CT molecular complexity index is 218. The molecule has 1 aliphatic heterocycles. The molecule has 3 nitrogen and oxygen atoms in total. The third-order valence-corrected chi connectivity index (χ3v) is 3.74. The maximum atomic E-state index is 6.12. The quantitative estimate of drug-likeness (QED) is 0.767. The zero-order valence-corrected chi connectivity index (χ0v) is 12.4. The normalized spacial score (nSPS) is 26.6. The van der Waals surface area contributed by atoms with Gasteiger partial charge in [-0.15, -0.1) is 0 Å². The molecule has 1 saturated heterocycles. The Kier molecular flexibility index (Phi) is 5.42. The molecule has 0 radical (unpaired) electrons. The average molecular weight is 241 g/mol. The van der Waals surface area contributed by atoms with E-state index in [-0.39, 0.29) is 5.54 Å². The molecule has 1 atom stereocenters. The molecule has 0 aromatic rings. The van der Waals surface area contributed by atoms with E-state index in [1.807, 2.05) is 0 Å². The number of nitrogens with two attached hydrogens (primary N) is 1. The summed E-state index contributed by atoms with van der Waals surface area (Å²) in [7, 11) is 2.21. The number of nitrogens with zero attached hydrogens (tertiary/aromatic N) is 2. The van der Waals surface area contributed by atoms with Crippen molar-refractivity contribution in [1.82, 2.24) is 9.80 Å². The van der Waals surface area contributed by atoms with Crippen LogP contribution in [0.15, 0.2) is 0 Å². The first-order chi connectivity index (χ1) is 7.89. The van der Waals surface area contributed by atoms with E-state index in [1.165, 1.54) is 26.1 Å². The fourth-order valence-corrected chi connectivity index (χ4v) is 2.96. The number of hydrogen-bond donors (Lipinski definition) is 1. The topological polar surface area (TPSA) is 32.5 Å². The largest absolute Gasteiger partial charge is 0.329 e. The fourth-order valence-electron chi connectivity index (χ4n) is 2.96. The van der Waals surface area contributed by atoms with E-state index in [0.29, 0.717) is 11.8 Å². The summed E-state index contributed by atoms with van der Waals surface area (Å²) in [5.41, 5.74) is 6.34. The first-order valence-electron chi connectivity index (χ1n) is 7.03. The molecule has 17 heavy (non-hydrogen) atoms. The van der Waals surface area contributed by atoms with Gasteiger partial charge in [0.25, 0.3) is 0 Å². The minimum atomic E-state index is 0.225. The third kappa shape index (κ3) is 3.94. The van der Waals surface area contributed by atoms with Gasteiger partial charge in [-0.05, 0) is 31.8 Å². The second-order valence-electron chi connectivity index (χ2n) is 6.61. The molecule has 0 spiro atoms. The second kappa shape index (κ2) is 6.17. The highest BCUT2D eigenvalue weighted by atomic mass is 15.3. The van der Waals surface area contributed by atoms with Gasteiger partial charge in [-0.3, -0.25) is 4.90 Å². The Morgan fingerprint density at radius 2 is 1.71 bits per heavy atom. The Morgan fingerprint density at radius 1 is 1.18 bits per heavy atom. The van der Waals surface area contributed by atoms with Crippen LogP contribution in [0.3, 0.4) is 0 Å². The molecule has 1 fully saturated rings. The summed E-state index contributed by atoms with van der Waals surface area (Å²) in [4.78, 5) is 5.08. The monoisotopic (exact) mass is 241 g/mol. The molecular weight excluding hydrogens is 210 g/mol. The van der Waals surface area contributed by atoms with Gasteiger partial charge < -0.3 is 10.6 Å². The van der Waals surface area contributed by atoms with Gasteiger partial charge in [-0.1, -0.05) is 27.7 Å². The molecule has 102 valence electrons. The van der Waals surface area contributed by atoms with Crippen LogP contribution in [0.2, 0.25) is 0 Å². The summed E-state index contributed by atoms with van der Waals surface area (Å²) in [6, 6.07) is 0. The van der Waals surface area contributed by atoms with Crippen molar-refractivity contribution in [1.29, 1.82) is 0 Å². The minimum absolute atomic E-state index is 0.225. The lowest BCUT2D eigenvalue weighted by Crippen LogP contribution is -2.57. The smallest absolute Gasteiger partial charge is 0.0470 e. The lowest BCUT2D eigenvalue weighted by atomic mass is 9.93. The van der Waals surface area contributed by atoms with E-state index in [9.17, 15) is 0 Å². The molecule has 0 amide bonds. The molecule has 0 aromatic carbocycles. The molecule has 1 heterocycles. The summed E-state index contributed by atoms with van der Waals surface area (Å²) in [5, 5.41) is 0. The molecule has 1 unspecified atom stereocenters. The van der Waals surface area contributed by atoms with Crippen LogP contribution in [-0.4, -0.2) is 55.1 Å². The number of likely N-dealkylation sites (N-methyl/N-ethyl adjacent to an activating group) is 1. The zero-order valence-electron chi connectivity index (χ0n) is 12.4. The van der Waals surface area contributed by atoms with E-state index < -0.39 is 0 Å². The SMILES string of the molecule is CC(C)CN(CC(C)C)C1(CN)CCN(C)C1. The van der Waals surface area contributed by atoms with Gasteiger partial charge in [0.2, 0.25) is 0 Å². The Labute approximate surface area is 107 Å². The molecule has 0 aliphatic carbocycles. The summed E-state index contributed by atoms with van der Waals surface area (Å²) < 4.78 is 0. The van der Waals surface area contributed by atoms with Crippen LogP contribution in [0, 0.1) is 11.8 Å². The molecule has 1 aliphatic rings. The highest BCUT2D eigenvalue weighted by molar-refractivity contribution is 4.99. The lowest BCUT2D eigenvalue weighted by molar-refractivity contribution is 0.0752. The fraction of sp³-hybridized carbons (Fsp3) is 1.00. The highest BCUT2D eigenvalue weighted by Crippen LogP contribution is 2.28. The van der Waals surface area contributed by atoms with E-state index >= 15 is 0 Å². The van der Waals surface area contributed by atoms with Gasteiger partial charge in [0.1, 0.15) is 0 Å². The van der Waals surface area contributed by atoms with Gasteiger partial charge in [0, 0.05) is 31.7 Å². The van der Waals surface area contributed by atoms with Gasteiger partial charge >= 0.3 is 0 Å². The van der Waals surface area contributed by atoms with Gasteiger partial charge in [-0.2, -0.15) is 0 Å². The second-order valence-corrected chi connectivity index (χ2v) is 6.61. The summed E-state index contributed by atoms with van der Waals surface area (Å²) >= 11 is 0. The lowest BCUT2D eigenvalue weighted by Gasteiger charge is -2.42. The Hall–Kier alpha value is -0.120. The summed E-state index contributed by atoms with van der Waals surface area (Å²) in [6.45, 7) is 14.6. The predicted octanol–water partition coefficient (Wildman–Crippen LogP) is 1.63. The summed E-state index contributed by atoms with van der Waals surface area (Å²) in [6.07, 6.45) is 1.22. The van der Waals surface area contributed by atoms with E-state index in [2.05, 4.69) is 44.5 Å². The molecule has 0 saturated carbocycles. The zero-order chi connectivity index (χ0) is 13.1. The Balaban J connectivity index is 2.78. The number of rotatable bonds is 6. The van der Waals surface area contributed by atoms with Crippen LogP contribution in [0.4, 0.5) is 0 Å². The van der Waals surface area contributed by atoms with Crippen molar-refractivity contribution >= 4 is 0 Å².